The van der Waals surface area contributed by atoms with E-state index in [9.17, 15) is 0 Å². The molecule has 0 fully saturated rings. The summed E-state index contributed by atoms with van der Waals surface area (Å²) in [5.74, 6) is 0.709. The number of rotatable bonds is 5. The van der Waals surface area contributed by atoms with Gasteiger partial charge in [-0.2, -0.15) is 0 Å². The zero-order valence-electron chi connectivity index (χ0n) is 11.1. The van der Waals surface area contributed by atoms with Crippen molar-refractivity contribution in [3.8, 4) is 0 Å². The molecule has 0 aromatic heterocycles. The molecule has 2 heteroatoms. The summed E-state index contributed by atoms with van der Waals surface area (Å²) in [6.45, 7) is 9.08. The predicted molar refractivity (Wildman–Crippen MR) is 71.5 cm³/mol. The average molecular weight is 233 g/mol. The van der Waals surface area contributed by atoms with Gasteiger partial charge in [-0.3, -0.25) is 0 Å². The summed E-state index contributed by atoms with van der Waals surface area (Å²) >= 11 is 0. The number of benzene rings is 1. The summed E-state index contributed by atoms with van der Waals surface area (Å²) in [6.07, 6.45) is 1.23. The van der Waals surface area contributed by atoms with Crippen molar-refractivity contribution in [1.29, 1.82) is 0 Å². The highest BCUT2D eigenvalue weighted by Gasteiger charge is 2.24. The normalized spacial score (nSPS) is 18.6. The summed E-state index contributed by atoms with van der Waals surface area (Å²) < 4.78 is 5.67. The Kier molecular flexibility index (Phi) is 3.85. The van der Waals surface area contributed by atoms with E-state index in [0.29, 0.717) is 5.92 Å². The highest BCUT2D eigenvalue weighted by molar-refractivity contribution is 5.40. The molecule has 0 spiro atoms. The number of fused-ring (bicyclic) bond motifs is 1. The van der Waals surface area contributed by atoms with Gasteiger partial charge in [0.2, 0.25) is 0 Å². The van der Waals surface area contributed by atoms with Crippen LogP contribution in [-0.4, -0.2) is 25.3 Å². The summed E-state index contributed by atoms with van der Waals surface area (Å²) in [4.78, 5) is 0. The standard InChI is InChI=1S/C15H23NO/c1-15(2,3)17-9-8-16-11-13-10-12-6-4-5-7-14(12)13/h4-7,13,16H,8-11H2,1-3H3. The van der Waals surface area contributed by atoms with Gasteiger partial charge in [-0.1, -0.05) is 24.3 Å². The predicted octanol–water partition coefficient (Wildman–Crippen LogP) is 2.73. The van der Waals surface area contributed by atoms with Crippen LogP contribution in [0.15, 0.2) is 24.3 Å². The lowest BCUT2D eigenvalue weighted by Gasteiger charge is -2.30. The quantitative estimate of drug-likeness (QED) is 0.790. The molecule has 0 aliphatic heterocycles. The van der Waals surface area contributed by atoms with Gasteiger partial charge in [-0.05, 0) is 38.3 Å². The number of hydrogen-bond donors (Lipinski definition) is 1. The molecule has 1 aliphatic carbocycles. The molecule has 0 heterocycles. The molecule has 1 atom stereocenters. The second kappa shape index (κ2) is 5.19. The van der Waals surface area contributed by atoms with Crippen LogP contribution in [0.25, 0.3) is 0 Å². The molecule has 0 saturated heterocycles. The van der Waals surface area contributed by atoms with Gasteiger partial charge in [-0.15, -0.1) is 0 Å². The van der Waals surface area contributed by atoms with Crippen molar-refractivity contribution in [2.75, 3.05) is 19.7 Å². The molecule has 1 aromatic carbocycles. The van der Waals surface area contributed by atoms with E-state index < -0.39 is 0 Å². The van der Waals surface area contributed by atoms with Crippen LogP contribution in [0.2, 0.25) is 0 Å². The topological polar surface area (TPSA) is 21.3 Å². The minimum absolute atomic E-state index is 0.0231. The molecule has 94 valence electrons. The lowest BCUT2D eigenvalue weighted by Crippen LogP contribution is -2.32. The summed E-state index contributed by atoms with van der Waals surface area (Å²) in [5, 5.41) is 3.48. The minimum atomic E-state index is -0.0231. The fourth-order valence-electron chi connectivity index (χ4n) is 2.25. The number of nitrogens with one attached hydrogen (secondary N) is 1. The largest absolute Gasteiger partial charge is 0.375 e. The summed E-state index contributed by atoms with van der Waals surface area (Å²) in [5.41, 5.74) is 3.02. The second-order valence-electron chi connectivity index (χ2n) is 5.76. The van der Waals surface area contributed by atoms with Crippen LogP contribution in [0.3, 0.4) is 0 Å². The first kappa shape index (κ1) is 12.6. The van der Waals surface area contributed by atoms with Crippen LogP contribution < -0.4 is 5.32 Å². The van der Waals surface area contributed by atoms with Crippen LogP contribution >= 0.6 is 0 Å². The molecule has 0 bridgehead atoms. The van der Waals surface area contributed by atoms with Crippen LogP contribution in [0.1, 0.15) is 37.8 Å². The van der Waals surface area contributed by atoms with E-state index in [2.05, 4.69) is 50.4 Å². The van der Waals surface area contributed by atoms with Gasteiger partial charge in [-0.25, -0.2) is 0 Å². The van der Waals surface area contributed by atoms with Gasteiger partial charge < -0.3 is 10.1 Å². The van der Waals surface area contributed by atoms with Crippen molar-refractivity contribution in [2.24, 2.45) is 0 Å². The Hall–Kier alpha value is -0.860. The van der Waals surface area contributed by atoms with Crippen molar-refractivity contribution < 1.29 is 4.74 Å². The third kappa shape index (κ3) is 3.55. The maximum absolute atomic E-state index is 5.67. The van der Waals surface area contributed by atoms with Gasteiger partial charge in [0.1, 0.15) is 0 Å². The molecule has 1 unspecified atom stereocenters. The Morgan fingerprint density at radius 1 is 1.29 bits per heavy atom. The van der Waals surface area contributed by atoms with Crippen LogP contribution in [-0.2, 0) is 11.2 Å². The molecule has 1 aliphatic rings. The Balaban J connectivity index is 1.62. The van der Waals surface area contributed by atoms with Gasteiger partial charge in [0.25, 0.3) is 0 Å². The van der Waals surface area contributed by atoms with Crippen molar-refractivity contribution in [1.82, 2.24) is 5.32 Å². The minimum Gasteiger partial charge on any atom is -0.375 e. The molecular weight excluding hydrogens is 210 g/mol. The van der Waals surface area contributed by atoms with E-state index in [-0.39, 0.29) is 5.60 Å². The first-order valence-corrected chi connectivity index (χ1v) is 6.49. The van der Waals surface area contributed by atoms with Gasteiger partial charge in [0.15, 0.2) is 0 Å². The molecular formula is C15H23NO. The zero-order chi connectivity index (χ0) is 12.3. The van der Waals surface area contributed by atoms with Crippen molar-refractivity contribution in [3.63, 3.8) is 0 Å². The fraction of sp³-hybridized carbons (Fsp3) is 0.600. The van der Waals surface area contributed by atoms with E-state index in [1.807, 2.05) is 0 Å². The Morgan fingerprint density at radius 3 is 2.76 bits per heavy atom. The maximum atomic E-state index is 5.67. The summed E-state index contributed by atoms with van der Waals surface area (Å²) in [7, 11) is 0. The van der Waals surface area contributed by atoms with Crippen LogP contribution in [0.5, 0.6) is 0 Å². The Morgan fingerprint density at radius 2 is 2.06 bits per heavy atom. The number of hydrogen-bond acceptors (Lipinski definition) is 2. The molecule has 2 nitrogen and oxygen atoms in total. The van der Waals surface area contributed by atoms with Crippen molar-refractivity contribution >= 4 is 0 Å². The van der Waals surface area contributed by atoms with E-state index in [0.717, 1.165) is 19.7 Å². The molecule has 0 amide bonds. The van der Waals surface area contributed by atoms with Crippen molar-refractivity contribution in [2.45, 2.75) is 38.7 Å². The number of ether oxygens (including phenoxy) is 1. The molecule has 0 saturated carbocycles. The smallest absolute Gasteiger partial charge is 0.0599 e. The summed E-state index contributed by atoms with van der Waals surface area (Å²) in [6, 6.07) is 8.73. The van der Waals surface area contributed by atoms with Crippen molar-refractivity contribution in [3.05, 3.63) is 35.4 Å². The lowest BCUT2D eigenvalue weighted by molar-refractivity contribution is -0.000873. The molecule has 17 heavy (non-hydrogen) atoms. The van der Waals surface area contributed by atoms with E-state index in [4.69, 9.17) is 4.74 Å². The molecule has 1 aromatic rings. The molecule has 0 radical (unpaired) electrons. The lowest BCUT2D eigenvalue weighted by atomic mass is 9.78. The fourth-order valence-corrected chi connectivity index (χ4v) is 2.25. The highest BCUT2D eigenvalue weighted by Crippen LogP contribution is 2.33. The first-order chi connectivity index (χ1) is 8.06. The Labute approximate surface area is 104 Å². The van der Waals surface area contributed by atoms with Gasteiger partial charge in [0.05, 0.1) is 12.2 Å². The maximum Gasteiger partial charge on any atom is 0.0599 e. The van der Waals surface area contributed by atoms with Crippen LogP contribution in [0.4, 0.5) is 0 Å². The SMILES string of the molecule is CC(C)(C)OCCNCC1Cc2ccccc21. The molecule has 1 N–H and O–H groups in total. The zero-order valence-corrected chi connectivity index (χ0v) is 11.1. The first-order valence-electron chi connectivity index (χ1n) is 6.49. The third-order valence-corrected chi connectivity index (χ3v) is 3.17. The Bertz CT molecular complexity index is 367. The third-order valence-electron chi connectivity index (χ3n) is 3.17. The molecule has 2 rings (SSSR count). The second-order valence-corrected chi connectivity index (χ2v) is 5.76. The average Bonchev–Trinajstić information content (AvgIpc) is 2.22. The van der Waals surface area contributed by atoms with Gasteiger partial charge >= 0.3 is 0 Å². The monoisotopic (exact) mass is 233 g/mol. The van der Waals surface area contributed by atoms with E-state index >= 15 is 0 Å². The van der Waals surface area contributed by atoms with Gasteiger partial charge in [0, 0.05) is 19.0 Å². The van der Waals surface area contributed by atoms with E-state index in [1.54, 1.807) is 0 Å². The van der Waals surface area contributed by atoms with Crippen LogP contribution in [0, 0.1) is 0 Å². The highest BCUT2D eigenvalue weighted by atomic mass is 16.5. The van der Waals surface area contributed by atoms with E-state index in [1.165, 1.54) is 17.5 Å².